The van der Waals surface area contributed by atoms with E-state index in [9.17, 15) is 17.6 Å². The molecule has 0 saturated carbocycles. The Morgan fingerprint density at radius 1 is 1.12 bits per heavy atom. The van der Waals surface area contributed by atoms with Crippen molar-refractivity contribution < 1.29 is 17.6 Å². The van der Waals surface area contributed by atoms with Gasteiger partial charge in [-0.25, -0.2) is 12.8 Å². The molecule has 25 heavy (non-hydrogen) atoms. The van der Waals surface area contributed by atoms with E-state index in [1.54, 1.807) is 12.1 Å². The molecule has 2 rings (SSSR count). The second kappa shape index (κ2) is 7.02. The van der Waals surface area contributed by atoms with Crippen molar-refractivity contribution >= 4 is 21.7 Å². The number of hydrogen-bond acceptors (Lipinski definition) is 3. The van der Waals surface area contributed by atoms with Crippen molar-refractivity contribution in [3.8, 4) is 11.1 Å². The molecule has 0 radical (unpaired) electrons. The molecule has 0 atom stereocenters. The van der Waals surface area contributed by atoms with Crippen molar-refractivity contribution in [3.63, 3.8) is 0 Å². The number of nitrogens with two attached hydrogens (primary N) is 2. The predicted octanol–water partition coefficient (Wildman–Crippen LogP) is 1.95. The van der Waals surface area contributed by atoms with Gasteiger partial charge in [0.1, 0.15) is 6.67 Å². The van der Waals surface area contributed by atoms with Gasteiger partial charge in [-0.05, 0) is 18.6 Å². The van der Waals surface area contributed by atoms with Gasteiger partial charge in [0.05, 0.1) is 4.90 Å². The second-order valence-corrected chi connectivity index (χ2v) is 7.53. The van der Waals surface area contributed by atoms with Crippen LogP contribution in [0.4, 0.5) is 4.39 Å². The minimum absolute atomic E-state index is 0.188. The van der Waals surface area contributed by atoms with Gasteiger partial charge in [-0.2, -0.15) is 4.99 Å². The maximum Gasteiger partial charge on any atom is 0.280 e. The highest BCUT2D eigenvalue weighted by Crippen LogP contribution is 2.33. The predicted molar refractivity (Wildman–Crippen MR) is 94.7 cm³/mol. The first kappa shape index (κ1) is 18.6. The smallest absolute Gasteiger partial charge is 0.280 e. The monoisotopic (exact) mass is 363 g/mol. The average Bonchev–Trinajstić information content (AvgIpc) is 2.52. The van der Waals surface area contributed by atoms with Gasteiger partial charge in [-0.3, -0.25) is 4.79 Å². The van der Waals surface area contributed by atoms with Crippen molar-refractivity contribution in [1.29, 1.82) is 0 Å². The Labute approximate surface area is 145 Å². The summed E-state index contributed by atoms with van der Waals surface area (Å²) in [6, 6.07) is 9.88. The van der Waals surface area contributed by atoms with E-state index >= 15 is 0 Å². The Morgan fingerprint density at radius 3 is 2.20 bits per heavy atom. The number of alkyl halides is 1. The number of amides is 1. The number of aliphatic imine (C=N–C) groups is 1. The minimum atomic E-state index is -3.82. The van der Waals surface area contributed by atoms with E-state index in [1.807, 2.05) is 19.1 Å². The van der Waals surface area contributed by atoms with Crippen molar-refractivity contribution in [2.45, 2.75) is 18.5 Å². The molecule has 1 amide bonds. The maximum absolute atomic E-state index is 13.7. The van der Waals surface area contributed by atoms with Crippen molar-refractivity contribution in [3.05, 3.63) is 53.1 Å². The number of nitrogens with zero attached hydrogens (tertiary/aromatic N) is 1. The van der Waals surface area contributed by atoms with E-state index in [2.05, 4.69) is 4.99 Å². The molecular formula is C17H18FN3O3S. The lowest BCUT2D eigenvalue weighted by molar-refractivity contribution is 0.100. The van der Waals surface area contributed by atoms with E-state index in [1.165, 1.54) is 12.1 Å². The normalized spacial score (nSPS) is 11.2. The Kier molecular flexibility index (Phi) is 5.22. The summed E-state index contributed by atoms with van der Waals surface area (Å²) in [4.78, 5) is 15.2. The lowest BCUT2D eigenvalue weighted by Crippen LogP contribution is -2.24. The molecule has 0 heterocycles. The fraction of sp³-hybridized carbons (Fsp3) is 0.176. The van der Waals surface area contributed by atoms with Crippen LogP contribution in [0.1, 0.15) is 21.5 Å². The van der Waals surface area contributed by atoms with Gasteiger partial charge in [0.15, 0.2) is 15.8 Å². The Hall–Kier alpha value is -2.74. The summed E-state index contributed by atoms with van der Waals surface area (Å²) in [7, 11) is -3.82. The number of guanidine groups is 1. The van der Waals surface area contributed by atoms with Gasteiger partial charge in [0, 0.05) is 22.9 Å². The van der Waals surface area contributed by atoms with E-state index in [-0.39, 0.29) is 16.0 Å². The third-order valence-electron chi connectivity index (χ3n) is 3.59. The maximum atomic E-state index is 13.7. The first-order chi connectivity index (χ1) is 11.6. The molecule has 0 aliphatic heterocycles. The molecule has 2 aromatic carbocycles. The first-order valence-corrected chi connectivity index (χ1v) is 9.17. The zero-order valence-corrected chi connectivity index (χ0v) is 14.6. The van der Waals surface area contributed by atoms with Crippen LogP contribution < -0.4 is 11.5 Å². The topological polar surface area (TPSA) is 116 Å². The van der Waals surface area contributed by atoms with Crippen LogP contribution >= 0.6 is 0 Å². The molecule has 0 unspecified atom stereocenters. The highest BCUT2D eigenvalue weighted by Gasteiger charge is 2.25. The Balaban J connectivity index is 2.82. The molecule has 132 valence electrons. The number of benzene rings is 2. The molecule has 0 aromatic heterocycles. The first-order valence-electron chi connectivity index (χ1n) is 7.28. The number of carbonyl (C=O) groups is 1. The Morgan fingerprint density at radius 2 is 1.72 bits per heavy atom. The average molecular weight is 363 g/mol. The number of aryl methyl sites for hydroxylation is 1. The third-order valence-corrected chi connectivity index (χ3v) is 4.80. The molecule has 8 heteroatoms. The van der Waals surface area contributed by atoms with Crippen LogP contribution in [0.5, 0.6) is 0 Å². The van der Waals surface area contributed by atoms with Crippen LogP contribution in [-0.2, 0) is 16.5 Å². The van der Waals surface area contributed by atoms with Crippen LogP contribution in [0.2, 0.25) is 0 Å². The van der Waals surface area contributed by atoms with Crippen LogP contribution in [0.15, 0.2) is 46.3 Å². The molecule has 0 aliphatic carbocycles. The molecule has 0 saturated heterocycles. The van der Waals surface area contributed by atoms with Crippen molar-refractivity contribution in [2.24, 2.45) is 16.5 Å². The highest BCUT2D eigenvalue weighted by molar-refractivity contribution is 7.91. The van der Waals surface area contributed by atoms with Gasteiger partial charge in [-0.15, -0.1) is 0 Å². The van der Waals surface area contributed by atoms with Gasteiger partial charge in [0.2, 0.25) is 0 Å². The summed E-state index contributed by atoms with van der Waals surface area (Å²) < 4.78 is 38.3. The van der Waals surface area contributed by atoms with Crippen molar-refractivity contribution in [2.75, 3.05) is 6.26 Å². The SMILES string of the molecule is Cc1ccc(-c2ccc(C(=O)N=C(N)N)c(CF)c2S(C)(=O)=O)cc1. The summed E-state index contributed by atoms with van der Waals surface area (Å²) in [5.74, 6) is -1.38. The summed E-state index contributed by atoms with van der Waals surface area (Å²) in [5.41, 5.74) is 11.8. The van der Waals surface area contributed by atoms with Crippen LogP contribution in [0, 0.1) is 6.92 Å². The standard InChI is InChI=1S/C17H18FN3O3S/c1-10-3-5-11(6-4-10)12-7-8-13(16(22)21-17(19)20)14(9-18)15(12)25(2,23)24/h3-8H,9H2,1-2H3,(H4,19,20,21,22). The number of carbonyl (C=O) groups excluding carboxylic acids is 1. The van der Waals surface area contributed by atoms with Crippen LogP contribution in [0.3, 0.4) is 0 Å². The van der Waals surface area contributed by atoms with E-state index in [0.29, 0.717) is 11.1 Å². The molecule has 0 aliphatic rings. The molecular weight excluding hydrogens is 345 g/mol. The number of hydrogen-bond donors (Lipinski definition) is 2. The minimum Gasteiger partial charge on any atom is -0.370 e. The van der Waals surface area contributed by atoms with Crippen LogP contribution in [-0.4, -0.2) is 26.5 Å². The zero-order valence-electron chi connectivity index (χ0n) is 13.8. The van der Waals surface area contributed by atoms with Crippen LogP contribution in [0.25, 0.3) is 11.1 Å². The van der Waals surface area contributed by atoms with Gasteiger partial charge < -0.3 is 11.5 Å². The van der Waals surface area contributed by atoms with Gasteiger partial charge in [0.25, 0.3) is 5.91 Å². The zero-order chi connectivity index (χ0) is 18.8. The van der Waals surface area contributed by atoms with E-state index in [4.69, 9.17) is 11.5 Å². The highest BCUT2D eigenvalue weighted by atomic mass is 32.2. The summed E-state index contributed by atoms with van der Waals surface area (Å²) in [6.45, 7) is 0.744. The fourth-order valence-electron chi connectivity index (χ4n) is 2.52. The number of halogens is 1. The molecule has 0 fully saturated rings. The fourth-order valence-corrected chi connectivity index (χ4v) is 3.72. The molecule has 4 N–H and O–H groups in total. The largest absolute Gasteiger partial charge is 0.370 e. The molecule has 2 aromatic rings. The van der Waals surface area contributed by atoms with E-state index < -0.39 is 28.4 Å². The number of sulfone groups is 1. The Bertz CT molecular complexity index is 948. The third kappa shape index (κ3) is 4.03. The lowest BCUT2D eigenvalue weighted by Gasteiger charge is -2.15. The lowest BCUT2D eigenvalue weighted by atomic mass is 9.98. The summed E-state index contributed by atoms with van der Waals surface area (Å²) in [6.07, 6.45) is 0.966. The quantitative estimate of drug-likeness (QED) is 0.636. The number of rotatable bonds is 4. The molecule has 6 nitrogen and oxygen atoms in total. The molecule has 0 spiro atoms. The van der Waals surface area contributed by atoms with Gasteiger partial charge in [-0.1, -0.05) is 35.9 Å². The summed E-state index contributed by atoms with van der Waals surface area (Å²) >= 11 is 0. The van der Waals surface area contributed by atoms with Crippen molar-refractivity contribution in [1.82, 2.24) is 0 Å². The van der Waals surface area contributed by atoms with Gasteiger partial charge >= 0.3 is 0 Å². The summed E-state index contributed by atoms with van der Waals surface area (Å²) in [5, 5.41) is 0. The molecule has 0 bridgehead atoms. The second-order valence-electron chi connectivity index (χ2n) is 5.58. The van der Waals surface area contributed by atoms with E-state index in [0.717, 1.165) is 11.8 Å².